The summed E-state index contributed by atoms with van der Waals surface area (Å²) in [5.74, 6) is 4.29. The number of hydrogen-bond donors (Lipinski definition) is 0. The maximum Gasteiger partial charge on any atom is 0.238 e. The number of ether oxygens (including phenoxy) is 2. The first-order valence-corrected chi connectivity index (χ1v) is 14.1. The Bertz CT molecular complexity index is 2290. The number of aromatic nitrogens is 4. The van der Waals surface area contributed by atoms with Crippen molar-refractivity contribution in [1.29, 1.82) is 0 Å². The van der Waals surface area contributed by atoms with Crippen molar-refractivity contribution in [2.45, 2.75) is 0 Å². The first-order chi connectivity index (χ1) is 21.3. The van der Waals surface area contributed by atoms with E-state index in [0.29, 0.717) is 40.6 Å². The van der Waals surface area contributed by atoms with Gasteiger partial charge in [0.05, 0.1) is 5.52 Å². The van der Waals surface area contributed by atoms with Crippen LogP contribution >= 0.6 is 0 Å². The van der Waals surface area contributed by atoms with Crippen molar-refractivity contribution in [2.24, 2.45) is 0 Å². The molecule has 6 aromatic carbocycles. The smallest absolute Gasteiger partial charge is 0.238 e. The molecule has 6 nitrogen and oxygen atoms in total. The molecule has 0 radical (unpaired) electrons. The van der Waals surface area contributed by atoms with E-state index in [-0.39, 0.29) is 0 Å². The predicted molar refractivity (Wildman–Crippen MR) is 169 cm³/mol. The van der Waals surface area contributed by atoms with Gasteiger partial charge in [-0.05, 0) is 47.2 Å². The van der Waals surface area contributed by atoms with Crippen LogP contribution in [0.25, 0.3) is 61.3 Å². The second-order valence-corrected chi connectivity index (χ2v) is 10.5. The van der Waals surface area contributed by atoms with Crippen LogP contribution in [0.15, 0.2) is 133 Å². The van der Waals surface area contributed by atoms with Gasteiger partial charge in [-0.25, -0.2) is 4.98 Å². The zero-order valence-electron chi connectivity index (χ0n) is 22.8. The maximum absolute atomic E-state index is 6.59. The first kappa shape index (κ1) is 23.7. The highest BCUT2D eigenvalue weighted by atomic mass is 16.6. The number of hydrogen-bond acceptors (Lipinski definition) is 5. The van der Waals surface area contributed by atoms with Gasteiger partial charge in [-0.3, -0.25) is 4.57 Å². The zero-order valence-corrected chi connectivity index (χ0v) is 22.8. The van der Waals surface area contributed by atoms with Crippen molar-refractivity contribution in [2.75, 3.05) is 0 Å². The molecule has 0 atom stereocenters. The van der Waals surface area contributed by atoms with Crippen LogP contribution in [0.1, 0.15) is 0 Å². The number of fused-ring (bicyclic) bond motifs is 7. The van der Waals surface area contributed by atoms with E-state index in [4.69, 9.17) is 24.4 Å². The molecule has 43 heavy (non-hydrogen) atoms. The van der Waals surface area contributed by atoms with Crippen molar-refractivity contribution < 1.29 is 9.47 Å². The van der Waals surface area contributed by atoms with Gasteiger partial charge >= 0.3 is 0 Å². The van der Waals surface area contributed by atoms with Crippen LogP contribution in [0.4, 0.5) is 0 Å². The quantitative estimate of drug-likeness (QED) is 0.218. The molecule has 2 aromatic heterocycles. The van der Waals surface area contributed by atoms with Crippen LogP contribution in [-0.4, -0.2) is 19.5 Å². The summed E-state index contributed by atoms with van der Waals surface area (Å²) < 4.78 is 15.0. The Hall–Kier alpha value is -6.01. The Labute approximate surface area is 246 Å². The molecule has 0 unspecified atom stereocenters. The number of benzene rings is 6. The third-order valence-electron chi connectivity index (χ3n) is 7.88. The molecule has 0 aliphatic carbocycles. The Morgan fingerprint density at radius 3 is 1.72 bits per heavy atom. The van der Waals surface area contributed by atoms with Gasteiger partial charge < -0.3 is 9.47 Å². The normalized spacial score (nSPS) is 12.1. The van der Waals surface area contributed by atoms with E-state index in [1.807, 2.05) is 91.0 Å². The predicted octanol–water partition coefficient (Wildman–Crippen LogP) is 9.35. The highest BCUT2D eigenvalue weighted by molar-refractivity contribution is 6.15. The maximum atomic E-state index is 6.59. The van der Waals surface area contributed by atoms with Gasteiger partial charge in [-0.15, -0.1) is 0 Å². The Morgan fingerprint density at radius 2 is 1.05 bits per heavy atom. The van der Waals surface area contributed by atoms with Gasteiger partial charge in [-0.1, -0.05) is 97.1 Å². The average molecular weight is 555 g/mol. The molecule has 0 saturated carbocycles. The average Bonchev–Trinajstić information content (AvgIpc) is 3.40. The summed E-state index contributed by atoms with van der Waals surface area (Å²) in [4.78, 5) is 15.1. The molecule has 0 spiro atoms. The van der Waals surface area contributed by atoms with E-state index >= 15 is 0 Å². The molecule has 202 valence electrons. The molecule has 8 aromatic rings. The highest BCUT2D eigenvalue weighted by Gasteiger charge is 2.27. The molecule has 6 heteroatoms. The molecule has 9 rings (SSSR count). The van der Waals surface area contributed by atoms with Crippen LogP contribution in [0, 0.1) is 0 Å². The fourth-order valence-electron chi connectivity index (χ4n) is 5.87. The van der Waals surface area contributed by atoms with Crippen molar-refractivity contribution >= 4 is 32.6 Å². The Balaban J connectivity index is 1.41. The topological polar surface area (TPSA) is 62.1 Å². The lowest BCUT2D eigenvalue weighted by Crippen LogP contribution is -2.08. The summed E-state index contributed by atoms with van der Waals surface area (Å²) in [6, 6.07) is 44.6. The minimum Gasteiger partial charge on any atom is -0.449 e. The lowest BCUT2D eigenvalue weighted by Gasteiger charge is -2.21. The SMILES string of the molecule is c1ccc(-c2nc(-c3ccccc3)nc(-n3c4cc5ccccc5cc4c4ccc5c(c43)Oc3ccccc3O5)n2)cc1. The summed E-state index contributed by atoms with van der Waals surface area (Å²) in [5, 5.41) is 4.36. The fraction of sp³-hybridized carbons (Fsp3) is 0. The van der Waals surface area contributed by atoms with Crippen LogP contribution in [-0.2, 0) is 0 Å². The standard InChI is InChI=1S/C37H22N4O2/c1-3-11-23(12-4-1)35-38-36(24-13-5-2-6-14-24)40-37(39-35)41-29-22-26-16-8-7-15-25(26)21-28(29)27-19-20-32-34(33(27)41)43-31-18-10-9-17-30(31)42-32/h1-22H. The third kappa shape index (κ3) is 3.77. The van der Waals surface area contributed by atoms with E-state index in [9.17, 15) is 0 Å². The monoisotopic (exact) mass is 554 g/mol. The minimum atomic E-state index is 0.499. The van der Waals surface area contributed by atoms with Crippen molar-refractivity contribution in [1.82, 2.24) is 19.5 Å². The van der Waals surface area contributed by atoms with Crippen molar-refractivity contribution in [3.63, 3.8) is 0 Å². The van der Waals surface area contributed by atoms with Crippen LogP contribution in [0.5, 0.6) is 23.0 Å². The number of rotatable bonds is 3. The van der Waals surface area contributed by atoms with Gasteiger partial charge in [0.15, 0.2) is 34.6 Å². The van der Waals surface area contributed by atoms with Crippen LogP contribution < -0.4 is 9.47 Å². The molecule has 0 fully saturated rings. The van der Waals surface area contributed by atoms with Gasteiger partial charge in [-0.2, -0.15) is 9.97 Å². The molecular weight excluding hydrogens is 532 g/mol. The second-order valence-electron chi connectivity index (χ2n) is 10.5. The third-order valence-corrected chi connectivity index (χ3v) is 7.88. The summed E-state index contributed by atoms with van der Waals surface area (Å²) in [6.45, 7) is 0. The number of para-hydroxylation sites is 2. The van der Waals surface area contributed by atoms with E-state index in [1.54, 1.807) is 0 Å². The van der Waals surface area contributed by atoms with E-state index in [1.165, 1.54) is 0 Å². The summed E-state index contributed by atoms with van der Waals surface area (Å²) in [5.41, 5.74) is 3.62. The molecule has 1 aliphatic heterocycles. The fourth-order valence-corrected chi connectivity index (χ4v) is 5.87. The lowest BCUT2D eigenvalue weighted by atomic mass is 10.1. The molecule has 0 bridgehead atoms. The summed E-state index contributed by atoms with van der Waals surface area (Å²) in [6.07, 6.45) is 0. The minimum absolute atomic E-state index is 0.499. The van der Waals surface area contributed by atoms with E-state index < -0.39 is 0 Å². The van der Waals surface area contributed by atoms with Gasteiger partial charge in [0.25, 0.3) is 0 Å². The Morgan fingerprint density at radius 1 is 0.465 bits per heavy atom. The highest BCUT2D eigenvalue weighted by Crippen LogP contribution is 2.51. The van der Waals surface area contributed by atoms with E-state index in [0.717, 1.165) is 43.7 Å². The van der Waals surface area contributed by atoms with Crippen LogP contribution in [0.2, 0.25) is 0 Å². The largest absolute Gasteiger partial charge is 0.449 e. The molecule has 0 saturated heterocycles. The molecule has 1 aliphatic rings. The van der Waals surface area contributed by atoms with Crippen molar-refractivity contribution in [3.05, 3.63) is 133 Å². The lowest BCUT2D eigenvalue weighted by molar-refractivity contribution is 0.362. The molecule has 0 N–H and O–H groups in total. The van der Waals surface area contributed by atoms with Crippen LogP contribution in [0.3, 0.4) is 0 Å². The van der Waals surface area contributed by atoms with Crippen molar-refractivity contribution in [3.8, 4) is 51.7 Å². The molecule has 3 heterocycles. The molecular formula is C37H22N4O2. The van der Waals surface area contributed by atoms with E-state index in [2.05, 4.69) is 47.0 Å². The Kier molecular flexibility index (Phi) is 5.10. The van der Waals surface area contributed by atoms with Gasteiger partial charge in [0.1, 0.15) is 5.52 Å². The first-order valence-electron chi connectivity index (χ1n) is 14.1. The van der Waals surface area contributed by atoms with Gasteiger partial charge in [0.2, 0.25) is 5.95 Å². The summed E-state index contributed by atoms with van der Waals surface area (Å²) in [7, 11) is 0. The summed E-state index contributed by atoms with van der Waals surface area (Å²) >= 11 is 0. The second kappa shape index (κ2) is 9.26. The van der Waals surface area contributed by atoms with Gasteiger partial charge in [0, 0.05) is 21.9 Å². The molecule has 0 amide bonds. The number of nitrogens with zero attached hydrogens (tertiary/aromatic N) is 4. The zero-order chi connectivity index (χ0) is 28.3.